The molecule has 0 aliphatic heterocycles. The first kappa shape index (κ1) is 24.8. The van der Waals surface area contributed by atoms with Crippen molar-refractivity contribution in [2.24, 2.45) is 0 Å². The number of aromatic nitrogens is 3. The van der Waals surface area contributed by atoms with Gasteiger partial charge < -0.3 is 14.2 Å². The van der Waals surface area contributed by atoms with Crippen LogP contribution in [0.2, 0.25) is 0 Å². The summed E-state index contributed by atoms with van der Waals surface area (Å²) in [6.45, 7) is 4.36. The zero-order chi connectivity index (χ0) is 24.2. The van der Waals surface area contributed by atoms with Crippen molar-refractivity contribution in [3.05, 3.63) is 54.7 Å². The van der Waals surface area contributed by atoms with Crippen LogP contribution < -0.4 is 4.74 Å². The Morgan fingerprint density at radius 1 is 1.30 bits per heavy atom. The molecule has 2 aromatic heterocycles. The lowest BCUT2D eigenvalue weighted by Crippen LogP contribution is -2.33. The fraction of sp³-hybridized carbons (Fsp3) is 0.364. The van der Waals surface area contributed by atoms with Gasteiger partial charge in [0.2, 0.25) is 0 Å². The third-order valence-corrected chi connectivity index (χ3v) is 6.13. The Morgan fingerprint density at radius 3 is 2.73 bits per heavy atom. The van der Waals surface area contributed by atoms with E-state index in [2.05, 4.69) is 16.9 Å². The van der Waals surface area contributed by atoms with Gasteiger partial charge in [-0.25, -0.2) is 9.36 Å². The van der Waals surface area contributed by atoms with Crippen LogP contribution in [-0.4, -0.2) is 56.4 Å². The first-order chi connectivity index (χ1) is 15.6. The molecule has 1 radical (unpaired) electrons. The van der Waals surface area contributed by atoms with Crippen LogP contribution in [0.15, 0.2) is 41.7 Å². The number of unbranched alkanes of at least 4 members (excludes halogenated alkanes) is 1. The molecule has 1 atom stereocenters. The number of imidazole rings is 1. The number of rotatable bonds is 8. The molecule has 177 valence electrons. The van der Waals surface area contributed by atoms with Gasteiger partial charge in [-0.3, -0.25) is 4.98 Å². The molecule has 0 N–H and O–H groups in total. The number of nitrogens with zero attached hydrogens (tertiary/aromatic N) is 4. The highest BCUT2D eigenvalue weighted by molar-refractivity contribution is 7.90. The second-order valence-corrected chi connectivity index (χ2v) is 8.75. The molecule has 0 fully saturated rings. The first-order valence-electron chi connectivity index (χ1n) is 10.2. The normalized spacial score (nSPS) is 12.7. The molecule has 7 nitrogen and oxygen atoms in total. The Kier molecular flexibility index (Phi) is 7.85. The van der Waals surface area contributed by atoms with Gasteiger partial charge in [-0.2, -0.15) is 18.2 Å². The Labute approximate surface area is 192 Å². The highest BCUT2D eigenvalue weighted by Gasteiger charge is 2.31. The average molecular weight is 482 g/mol. The lowest BCUT2D eigenvalue weighted by molar-refractivity contribution is -0.153. The van der Waals surface area contributed by atoms with Crippen LogP contribution in [0.25, 0.3) is 11.0 Å². The van der Waals surface area contributed by atoms with Gasteiger partial charge in [-0.1, -0.05) is 25.5 Å². The van der Waals surface area contributed by atoms with Crippen LogP contribution in [0.4, 0.5) is 18.0 Å². The van der Waals surface area contributed by atoms with E-state index in [-0.39, 0.29) is 22.7 Å². The minimum Gasteiger partial charge on any atom is -0.609 e. The van der Waals surface area contributed by atoms with Crippen molar-refractivity contribution in [2.75, 3.05) is 20.2 Å². The zero-order valence-electron chi connectivity index (χ0n) is 18.3. The number of amides is 1. The monoisotopic (exact) mass is 481 g/mol. The number of carbonyl (C=O) groups excluding carboxylic acids is 1. The van der Waals surface area contributed by atoms with Crippen LogP contribution in [-0.2, 0) is 16.9 Å². The van der Waals surface area contributed by atoms with E-state index in [9.17, 15) is 22.5 Å². The number of carbonyl (C=O) groups is 1. The van der Waals surface area contributed by atoms with E-state index < -0.39 is 24.0 Å². The maximum absolute atomic E-state index is 13.3. The van der Waals surface area contributed by atoms with E-state index in [4.69, 9.17) is 4.74 Å². The van der Waals surface area contributed by atoms with Crippen molar-refractivity contribution in [3.63, 3.8) is 0 Å². The summed E-state index contributed by atoms with van der Waals surface area (Å²) in [5.41, 5.74) is 1.66. The van der Waals surface area contributed by atoms with Gasteiger partial charge in [-0.15, -0.1) is 0 Å². The van der Waals surface area contributed by atoms with Crippen molar-refractivity contribution in [1.82, 2.24) is 19.4 Å². The summed E-state index contributed by atoms with van der Waals surface area (Å²) < 4.78 is 57.1. The number of hydrogen-bond acceptors (Lipinski definition) is 5. The van der Waals surface area contributed by atoms with Crippen LogP contribution in [0.5, 0.6) is 5.75 Å². The molecule has 0 unspecified atom stereocenters. The van der Waals surface area contributed by atoms with Crippen molar-refractivity contribution >= 4 is 28.2 Å². The van der Waals surface area contributed by atoms with E-state index in [1.165, 1.54) is 21.7 Å². The molecule has 0 spiro atoms. The molecule has 0 aliphatic rings. The molecule has 1 aromatic carbocycles. The SMILES string of the molecule is [CH2]CCCN(C)C(=O)n1c([S@+]([O-])Cc2nccc(OCC(F)(F)F)c2C)nc2ccccc21. The predicted molar refractivity (Wildman–Crippen MR) is 118 cm³/mol. The molecule has 3 aromatic rings. The molecule has 0 aliphatic carbocycles. The topological polar surface area (TPSA) is 83.3 Å². The van der Waals surface area contributed by atoms with E-state index in [0.29, 0.717) is 41.7 Å². The largest absolute Gasteiger partial charge is 0.609 e. The van der Waals surface area contributed by atoms with Gasteiger partial charge in [0.1, 0.15) is 5.75 Å². The van der Waals surface area contributed by atoms with E-state index in [1.807, 2.05) is 0 Å². The van der Waals surface area contributed by atoms with E-state index in [0.717, 1.165) is 0 Å². The highest BCUT2D eigenvalue weighted by Crippen LogP contribution is 2.27. The van der Waals surface area contributed by atoms with Crippen molar-refractivity contribution in [2.45, 2.75) is 36.9 Å². The Hall–Kier alpha value is -2.79. The van der Waals surface area contributed by atoms with Gasteiger partial charge in [0.15, 0.2) is 12.4 Å². The van der Waals surface area contributed by atoms with Crippen LogP contribution >= 0.6 is 0 Å². The third kappa shape index (κ3) is 5.97. The fourth-order valence-corrected chi connectivity index (χ4v) is 4.41. The number of alkyl halides is 3. The Bertz CT molecular complexity index is 1120. The molecular weight excluding hydrogens is 457 g/mol. The van der Waals surface area contributed by atoms with Crippen LogP contribution in [0.3, 0.4) is 0 Å². The minimum atomic E-state index is -4.48. The summed E-state index contributed by atoms with van der Waals surface area (Å²) in [4.78, 5) is 23.2. The standard InChI is InChI=1S/C22H24F3N4O3S/c1-4-5-12-28(3)21(30)29-18-9-7-6-8-16(18)27-20(29)33(31)13-17-15(2)19(10-11-26-17)32-14-22(23,24)25/h6-11H,1,4-5,12-14H2,2-3H3/t33-/m1/s1. The third-order valence-electron chi connectivity index (χ3n) is 4.91. The second-order valence-electron chi connectivity index (χ2n) is 7.40. The number of pyridine rings is 1. The second kappa shape index (κ2) is 10.4. The van der Waals surface area contributed by atoms with Crippen molar-refractivity contribution < 1.29 is 27.3 Å². The number of para-hydroxylation sites is 2. The summed E-state index contributed by atoms with van der Waals surface area (Å²) >= 11 is -1.81. The molecule has 1 amide bonds. The lowest BCUT2D eigenvalue weighted by atomic mass is 10.2. The molecule has 11 heteroatoms. The van der Waals surface area contributed by atoms with Gasteiger partial charge in [0.25, 0.3) is 0 Å². The van der Waals surface area contributed by atoms with Gasteiger partial charge in [0.05, 0.1) is 16.7 Å². The van der Waals surface area contributed by atoms with Gasteiger partial charge >= 0.3 is 17.4 Å². The molecular formula is C22H24F3N4O3S. The fourth-order valence-electron chi connectivity index (χ4n) is 3.17. The highest BCUT2D eigenvalue weighted by atomic mass is 32.2. The smallest absolute Gasteiger partial charge is 0.422 e. The van der Waals surface area contributed by atoms with E-state index >= 15 is 0 Å². The molecule has 0 saturated heterocycles. The molecule has 3 rings (SSSR count). The lowest BCUT2D eigenvalue weighted by Gasteiger charge is -2.19. The minimum absolute atomic E-state index is 0.00631. The quantitative estimate of drug-likeness (QED) is 0.443. The first-order valence-corrected chi connectivity index (χ1v) is 11.5. The van der Waals surface area contributed by atoms with Gasteiger partial charge in [0, 0.05) is 36.5 Å². The maximum atomic E-state index is 13.3. The molecule has 0 bridgehead atoms. The number of hydrogen-bond donors (Lipinski definition) is 0. The zero-order valence-corrected chi connectivity index (χ0v) is 19.1. The predicted octanol–water partition coefficient (Wildman–Crippen LogP) is 4.50. The molecule has 2 heterocycles. The average Bonchev–Trinajstić information content (AvgIpc) is 3.16. The van der Waals surface area contributed by atoms with Crippen molar-refractivity contribution in [1.29, 1.82) is 0 Å². The number of ether oxygens (including phenoxy) is 1. The van der Waals surface area contributed by atoms with E-state index in [1.54, 1.807) is 38.2 Å². The number of halogens is 3. The molecule has 33 heavy (non-hydrogen) atoms. The summed E-state index contributed by atoms with van der Waals surface area (Å²) in [6, 6.07) is 7.88. The number of fused-ring (bicyclic) bond motifs is 1. The van der Waals surface area contributed by atoms with Crippen molar-refractivity contribution in [3.8, 4) is 5.75 Å². The summed E-state index contributed by atoms with van der Waals surface area (Å²) in [5.74, 6) is -0.138. The molecule has 0 saturated carbocycles. The number of benzene rings is 1. The summed E-state index contributed by atoms with van der Waals surface area (Å²) in [7, 11) is 1.65. The van der Waals surface area contributed by atoms with Crippen LogP contribution in [0, 0.1) is 13.8 Å². The Morgan fingerprint density at radius 2 is 2.03 bits per heavy atom. The van der Waals surface area contributed by atoms with Gasteiger partial charge in [-0.05, 0) is 31.5 Å². The maximum Gasteiger partial charge on any atom is 0.422 e. The van der Waals surface area contributed by atoms with Crippen LogP contribution in [0.1, 0.15) is 24.1 Å². The summed E-state index contributed by atoms with van der Waals surface area (Å²) in [5, 5.41) is 0.0467. The summed E-state index contributed by atoms with van der Waals surface area (Å²) in [6.07, 6.45) is -1.81. The Balaban J connectivity index is 1.92.